The van der Waals surface area contributed by atoms with E-state index in [1.54, 1.807) is 10.9 Å². The molecule has 0 aliphatic carbocycles. The number of hydrogen-bond donors (Lipinski definition) is 1. The Morgan fingerprint density at radius 1 is 0.941 bits per heavy atom. The van der Waals surface area contributed by atoms with Crippen LogP contribution in [-0.4, -0.2) is 45.5 Å². The quantitative estimate of drug-likeness (QED) is 0.416. The summed E-state index contributed by atoms with van der Waals surface area (Å²) in [7, 11) is 0. The Hall–Kier alpha value is -4.87. The van der Waals surface area contributed by atoms with E-state index in [4.69, 9.17) is 4.52 Å². The highest BCUT2D eigenvalue weighted by atomic mass is 19.2. The van der Waals surface area contributed by atoms with Gasteiger partial charge in [-0.3, -0.25) is 4.68 Å². The number of aromatic nitrogens is 9. The van der Waals surface area contributed by atoms with Gasteiger partial charge in [-0.25, -0.2) is 23.8 Å². The lowest BCUT2D eigenvalue weighted by molar-refractivity contribution is 0.372. The molecule has 12 heteroatoms. The van der Waals surface area contributed by atoms with Crippen molar-refractivity contribution < 1.29 is 13.3 Å². The molecular formula is C22H13F2N9O. The first-order valence-corrected chi connectivity index (χ1v) is 10.1. The predicted octanol–water partition coefficient (Wildman–Crippen LogP) is 3.61. The van der Waals surface area contributed by atoms with Crippen LogP contribution in [0, 0.1) is 11.6 Å². The smallest absolute Gasteiger partial charge is 0.179 e. The minimum atomic E-state index is -0.988. The zero-order chi connectivity index (χ0) is 23.1. The Balaban J connectivity index is 1.23. The molecular weight excluding hydrogens is 444 g/mol. The van der Waals surface area contributed by atoms with E-state index in [1.165, 1.54) is 18.3 Å². The van der Waals surface area contributed by atoms with Crippen molar-refractivity contribution in [1.82, 2.24) is 45.5 Å². The van der Waals surface area contributed by atoms with E-state index in [0.717, 1.165) is 17.2 Å². The zero-order valence-electron chi connectivity index (χ0n) is 17.2. The average Bonchev–Trinajstić information content (AvgIpc) is 3.62. The fourth-order valence-corrected chi connectivity index (χ4v) is 3.51. The third-order valence-corrected chi connectivity index (χ3v) is 5.18. The van der Waals surface area contributed by atoms with Gasteiger partial charge in [-0.05, 0) is 22.6 Å². The van der Waals surface area contributed by atoms with Crippen LogP contribution < -0.4 is 0 Å². The largest absolute Gasteiger partial charge is 0.359 e. The number of imidazole rings is 1. The van der Waals surface area contributed by atoms with Crippen molar-refractivity contribution in [2.24, 2.45) is 0 Å². The second-order valence-electron chi connectivity index (χ2n) is 7.40. The highest BCUT2D eigenvalue weighted by molar-refractivity contribution is 5.66. The first-order chi connectivity index (χ1) is 16.6. The Labute approximate surface area is 189 Å². The number of nitrogens with one attached hydrogen (secondary N) is 1. The number of aromatic amines is 1. The zero-order valence-corrected chi connectivity index (χ0v) is 17.2. The van der Waals surface area contributed by atoms with Gasteiger partial charge in [0.1, 0.15) is 23.6 Å². The lowest BCUT2D eigenvalue weighted by atomic mass is 10.1. The Morgan fingerprint density at radius 2 is 1.76 bits per heavy atom. The molecule has 2 aliphatic rings. The van der Waals surface area contributed by atoms with Crippen LogP contribution >= 0.6 is 0 Å². The standard InChI is InChI=1S/C22H13F2N9O/c23-16-3-1-2-15(20(16)24)22-26-18-9-25-33(11-19(18)27-22)10-14-8-17(30-34-14)12-4-6-13(7-5-12)21-28-31-32-29-21/h1-9,11H,10H2,(H,28,29,31,32). The molecule has 4 heterocycles. The molecule has 0 unspecified atom stereocenters. The van der Waals surface area contributed by atoms with E-state index < -0.39 is 11.6 Å². The molecule has 34 heavy (non-hydrogen) atoms. The first-order valence-electron chi connectivity index (χ1n) is 10.1. The molecule has 4 aromatic rings. The van der Waals surface area contributed by atoms with Gasteiger partial charge in [-0.15, -0.1) is 5.10 Å². The molecule has 0 atom stereocenters. The van der Waals surface area contributed by atoms with E-state index in [2.05, 4.69) is 40.8 Å². The van der Waals surface area contributed by atoms with Crippen LogP contribution in [0.15, 0.2) is 65.4 Å². The molecule has 0 saturated heterocycles. The summed E-state index contributed by atoms with van der Waals surface area (Å²) in [6, 6.07) is 13.2. The lowest BCUT2D eigenvalue weighted by Crippen LogP contribution is -2.04. The summed E-state index contributed by atoms with van der Waals surface area (Å²) in [4.78, 5) is 8.59. The van der Waals surface area contributed by atoms with Crippen LogP contribution in [-0.2, 0) is 6.54 Å². The number of halogens is 2. The molecule has 10 nitrogen and oxygen atoms in total. The molecule has 6 rings (SSSR count). The SMILES string of the molecule is Fc1cccc(-c2nc3cnn(Cc4cc(-c5ccc(-c6nnn[nH]6)cc5)no4)cc-3n2)c1F. The number of benzene rings is 2. The number of H-pyrrole nitrogens is 1. The number of tetrazole rings is 1. The number of fused-ring (bicyclic) bond motifs is 1. The van der Waals surface area contributed by atoms with Crippen molar-refractivity contribution >= 4 is 0 Å². The second kappa shape index (κ2) is 7.92. The van der Waals surface area contributed by atoms with E-state index >= 15 is 0 Å². The number of nitrogens with zero attached hydrogens (tertiary/aromatic N) is 8. The van der Waals surface area contributed by atoms with Crippen molar-refractivity contribution in [2.45, 2.75) is 6.54 Å². The number of hydrogen-bond acceptors (Lipinski definition) is 8. The van der Waals surface area contributed by atoms with Gasteiger partial charge in [0.05, 0.1) is 18.0 Å². The van der Waals surface area contributed by atoms with Gasteiger partial charge < -0.3 is 4.52 Å². The molecule has 166 valence electrons. The monoisotopic (exact) mass is 457 g/mol. The summed E-state index contributed by atoms with van der Waals surface area (Å²) in [6.45, 7) is 0.293. The summed E-state index contributed by atoms with van der Waals surface area (Å²) < 4.78 is 34.7. The van der Waals surface area contributed by atoms with E-state index in [1.807, 2.05) is 30.3 Å². The van der Waals surface area contributed by atoms with Crippen LogP contribution in [0.5, 0.6) is 0 Å². The van der Waals surface area contributed by atoms with E-state index in [-0.39, 0.29) is 11.4 Å². The molecule has 2 aromatic carbocycles. The maximum Gasteiger partial charge on any atom is 0.179 e. The maximum absolute atomic E-state index is 14.1. The van der Waals surface area contributed by atoms with Gasteiger partial charge >= 0.3 is 0 Å². The van der Waals surface area contributed by atoms with Gasteiger partial charge in [0.15, 0.2) is 29.0 Å². The van der Waals surface area contributed by atoms with Crippen LogP contribution in [0.25, 0.3) is 45.4 Å². The van der Waals surface area contributed by atoms with Crippen molar-refractivity contribution in [2.75, 3.05) is 0 Å². The Kier molecular flexibility index (Phi) is 4.61. The van der Waals surface area contributed by atoms with Crippen LogP contribution in [0.3, 0.4) is 0 Å². The van der Waals surface area contributed by atoms with E-state index in [0.29, 0.717) is 35.2 Å². The van der Waals surface area contributed by atoms with Crippen LogP contribution in [0.1, 0.15) is 5.76 Å². The van der Waals surface area contributed by atoms with Crippen molar-refractivity contribution in [1.29, 1.82) is 0 Å². The lowest BCUT2D eigenvalue weighted by Gasteiger charge is -2.03. The van der Waals surface area contributed by atoms with Gasteiger partial charge in [0.25, 0.3) is 0 Å². The highest BCUT2D eigenvalue weighted by Crippen LogP contribution is 2.27. The Bertz CT molecular complexity index is 1560. The summed E-state index contributed by atoms with van der Waals surface area (Å²) in [6.07, 6.45) is 3.17. The molecule has 0 amide bonds. The van der Waals surface area contributed by atoms with Gasteiger partial charge in [-0.1, -0.05) is 35.5 Å². The predicted molar refractivity (Wildman–Crippen MR) is 114 cm³/mol. The third-order valence-electron chi connectivity index (χ3n) is 5.18. The maximum atomic E-state index is 14.1. The first kappa shape index (κ1) is 19.8. The normalized spacial score (nSPS) is 11.4. The molecule has 2 aliphatic heterocycles. The van der Waals surface area contributed by atoms with Crippen molar-refractivity contribution in [3.8, 4) is 45.4 Å². The molecule has 0 radical (unpaired) electrons. The topological polar surface area (TPSA) is 124 Å². The highest BCUT2D eigenvalue weighted by Gasteiger charge is 2.18. The van der Waals surface area contributed by atoms with Gasteiger partial charge in [-0.2, -0.15) is 5.10 Å². The second-order valence-corrected chi connectivity index (χ2v) is 7.40. The Morgan fingerprint density at radius 3 is 2.59 bits per heavy atom. The minimum Gasteiger partial charge on any atom is -0.359 e. The fourth-order valence-electron chi connectivity index (χ4n) is 3.51. The molecule has 0 bridgehead atoms. The molecule has 0 saturated carbocycles. The minimum absolute atomic E-state index is 0.00628. The average molecular weight is 457 g/mol. The fraction of sp³-hybridized carbons (Fsp3) is 0.0455. The van der Waals surface area contributed by atoms with Gasteiger partial charge in [0, 0.05) is 17.2 Å². The summed E-state index contributed by atoms with van der Waals surface area (Å²) in [5.74, 6) is -0.697. The molecule has 0 fully saturated rings. The molecule has 2 aromatic heterocycles. The molecule has 0 spiro atoms. The summed E-state index contributed by atoms with van der Waals surface area (Å²) in [5.41, 5.74) is 3.33. The summed E-state index contributed by atoms with van der Waals surface area (Å²) >= 11 is 0. The van der Waals surface area contributed by atoms with Crippen molar-refractivity contribution in [3.63, 3.8) is 0 Å². The molecule has 1 N–H and O–H groups in total. The van der Waals surface area contributed by atoms with Crippen LogP contribution in [0.4, 0.5) is 8.78 Å². The van der Waals surface area contributed by atoms with E-state index in [9.17, 15) is 8.78 Å². The third kappa shape index (κ3) is 3.56. The van der Waals surface area contributed by atoms with Crippen molar-refractivity contribution in [3.05, 3.63) is 78.3 Å². The summed E-state index contributed by atoms with van der Waals surface area (Å²) in [5, 5.41) is 22.2. The number of rotatable bonds is 5. The van der Waals surface area contributed by atoms with Gasteiger partial charge in [0.2, 0.25) is 0 Å². The van der Waals surface area contributed by atoms with Crippen LogP contribution in [0.2, 0.25) is 0 Å².